The van der Waals surface area contributed by atoms with Gasteiger partial charge in [-0.15, -0.1) is 11.3 Å². The Bertz CT molecular complexity index is 505. The van der Waals surface area contributed by atoms with Gasteiger partial charge < -0.3 is 10.1 Å². The van der Waals surface area contributed by atoms with Crippen molar-refractivity contribution in [1.82, 2.24) is 4.98 Å². The van der Waals surface area contributed by atoms with Gasteiger partial charge >= 0.3 is 0 Å². The lowest BCUT2D eigenvalue weighted by Gasteiger charge is -2.10. The Kier molecular flexibility index (Phi) is 4.80. The number of hydrogen-bond acceptors (Lipinski definition) is 4. The molecular formula is C15H20N2OS. The Morgan fingerprint density at radius 1 is 1.26 bits per heavy atom. The topological polar surface area (TPSA) is 34.2 Å². The van der Waals surface area contributed by atoms with Crippen molar-refractivity contribution >= 4 is 17.0 Å². The zero-order valence-electron chi connectivity index (χ0n) is 11.6. The molecule has 3 nitrogen and oxygen atoms in total. The first-order chi connectivity index (χ1) is 9.17. The summed E-state index contributed by atoms with van der Waals surface area (Å²) in [6, 6.07) is 8.04. The average Bonchev–Trinajstić information content (AvgIpc) is 2.85. The highest BCUT2D eigenvalue weighted by molar-refractivity contribution is 7.09. The second kappa shape index (κ2) is 6.57. The quantitative estimate of drug-likeness (QED) is 0.862. The van der Waals surface area contributed by atoms with E-state index in [1.54, 1.807) is 11.3 Å². The molecule has 0 aliphatic carbocycles. The molecule has 0 saturated heterocycles. The van der Waals surface area contributed by atoms with Gasteiger partial charge in [0.2, 0.25) is 0 Å². The molecule has 2 aromatic rings. The number of aryl methyl sites for hydroxylation is 1. The second-order valence-electron chi connectivity index (χ2n) is 4.63. The summed E-state index contributed by atoms with van der Waals surface area (Å²) >= 11 is 1.72. The second-order valence-corrected chi connectivity index (χ2v) is 5.57. The predicted octanol–water partition coefficient (Wildman–Crippen LogP) is 4.10. The van der Waals surface area contributed by atoms with E-state index in [-0.39, 0.29) is 6.10 Å². The summed E-state index contributed by atoms with van der Waals surface area (Å²) in [7, 11) is 0. The maximum atomic E-state index is 5.61. The molecule has 0 aliphatic rings. The summed E-state index contributed by atoms with van der Waals surface area (Å²) in [5.74, 6) is 0.905. The number of aromatic nitrogens is 1. The molecular weight excluding hydrogens is 256 g/mol. The zero-order valence-corrected chi connectivity index (χ0v) is 12.5. The SMILES string of the molecule is CCc1nc(CNc2ccc(OC(C)C)cc2)cs1. The van der Waals surface area contributed by atoms with E-state index in [1.165, 1.54) is 5.01 Å². The van der Waals surface area contributed by atoms with Gasteiger partial charge in [0.25, 0.3) is 0 Å². The van der Waals surface area contributed by atoms with Crippen molar-refractivity contribution < 1.29 is 4.74 Å². The van der Waals surface area contributed by atoms with Crippen LogP contribution in [0.25, 0.3) is 0 Å². The van der Waals surface area contributed by atoms with Gasteiger partial charge in [0.15, 0.2) is 0 Å². The van der Waals surface area contributed by atoms with Crippen LogP contribution in [0.4, 0.5) is 5.69 Å². The van der Waals surface area contributed by atoms with Crippen LogP contribution in [0.2, 0.25) is 0 Å². The Labute approximate surface area is 118 Å². The number of nitrogens with one attached hydrogen (secondary N) is 1. The lowest BCUT2D eigenvalue weighted by Crippen LogP contribution is -2.05. The smallest absolute Gasteiger partial charge is 0.119 e. The van der Waals surface area contributed by atoms with Crippen LogP contribution in [-0.2, 0) is 13.0 Å². The van der Waals surface area contributed by atoms with Gasteiger partial charge in [-0.05, 0) is 44.5 Å². The minimum atomic E-state index is 0.210. The first kappa shape index (κ1) is 13.9. The van der Waals surface area contributed by atoms with E-state index in [0.717, 1.165) is 30.1 Å². The molecule has 1 N–H and O–H groups in total. The number of thiazole rings is 1. The van der Waals surface area contributed by atoms with Gasteiger partial charge in [-0.3, -0.25) is 0 Å². The highest BCUT2D eigenvalue weighted by atomic mass is 32.1. The van der Waals surface area contributed by atoms with E-state index in [2.05, 4.69) is 22.6 Å². The molecule has 0 spiro atoms. The molecule has 0 unspecified atom stereocenters. The van der Waals surface area contributed by atoms with Gasteiger partial charge in [0, 0.05) is 11.1 Å². The van der Waals surface area contributed by atoms with Gasteiger partial charge in [-0.25, -0.2) is 4.98 Å². The number of benzene rings is 1. The van der Waals surface area contributed by atoms with Crippen LogP contribution >= 0.6 is 11.3 Å². The Morgan fingerprint density at radius 3 is 2.58 bits per heavy atom. The van der Waals surface area contributed by atoms with Crippen molar-refractivity contribution in [2.24, 2.45) is 0 Å². The number of nitrogens with zero attached hydrogens (tertiary/aromatic N) is 1. The molecule has 4 heteroatoms. The van der Waals surface area contributed by atoms with Gasteiger partial charge in [0.1, 0.15) is 5.75 Å². The molecule has 0 radical (unpaired) electrons. The van der Waals surface area contributed by atoms with E-state index in [1.807, 2.05) is 38.1 Å². The van der Waals surface area contributed by atoms with Crippen molar-refractivity contribution in [1.29, 1.82) is 0 Å². The van der Waals surface area contributed by atoms with E-state index in [0.29, 0.717) is 0 Å². The summed E-state index contributed by atoms with van der Waals surface area (Å²) in [6.45, 7) is 6.95. The minimum Gasteiger partial charge on any atom is -0.491 e. The fourth-order valence-corrected chi connectivity index (χ4v) is 2.45. The van der Waals surface area contributed by atoms with Crippen LogP contribution in [0.1, 0.15) is 31.5 Å². The molecule has 19 heavy (non-hydrogen) atoms. The fraction of sp³-hybridized carbons (Fsp3) is 0.400. The standard InChI is InChI=1S/C15H20N2OS/c1-4-15-17-13(10-19-15)9-16-12-5-7-14(8-6-12)18-11(2)3/h5-8,10-11,16H,4,9H2,1-3H3. The third kappa shape index (κ3) is 4.24. The van der Waals surface area contributed by atoms with Crippen molar-refractivity contribution in [2.45, 2.75) is 39.8 Å². The molecule has 0 aliphatic heterocycles. The fourth-order valence-electron chi connectivity index (χ4n) is 1.71. The van der Waals surface area contributed by atoms with Gasteiger partial charge in [-0.2, -0.15) is 0 Å². The Morgan fingerprint density at radius 2 is 2.00 bits per heavy atom. The molecule has 1 heterocycles. The number of ether oxygens (including phenoxy) is 1. The minimum absolute atomic E-state index is 0.210. The third-order valence-electron chi connectivity index (χ3n) is 2.60. The normalized spacial score (nSPS) is 10.7. The predicted molar refractivity (Wildman–Crippen MR) is 81.0 cm³/mol. The van der Waals surface area contributed by atoms with E-state index >= 15 is 0 Å². The van der Waals surface area contributed by atoms with Crippen LogP contribution in [0, 0.1) is 0 Å². The van der Waals surface area contributed by atoms with Crippen molar-refractivity contribution in [3.63, 3.8) is 0 Å². The molecule has 0 fully saturated rings. The van der Waals surface area contributed by atoms with Crippen LogP contribution in [0.3, 0.4) is 0 Å². The molecule has 1 aromatic carbocycles. The molecule has 102 valence electrons. The van der Waals surface area contributed by atoms with E-state index in [9.17, 15) is 0 Å². The van der Waals surface area contributed by atoms with Crippen molar-refractivity contribution in [2.75, 3.05) is 5.32 Å². The molecule has 0 atom stereocenters. The maximum Gasteiger partial charge on any atom is 0.119 e. The van der Waals surface area contributed by atoms with Crippen molar-refractivity contribution in [3.8, 4) is 5.75 Å². The number of hydrogen-bond donors (Lipinski definition) is 1. The summed E-state index contributed by atoms with van der Waals surface area (Å²) < 4.78 is 5.61. The van der Waals surface area contributed by atoms with Gasteiger partial charge in [-0.1, -0.05) is 6.92 Å². The number of anilines is 1. The summed E-state index contributed by atoms with van der Waals surface area (Å²) in [6.07, 6.45) is 1.22. The maximum absolute atomic E-state index is 5.61. The van der Waals surface area contributed by atoms with Crippen molar-refractivity contribution in [3.05, 3.63) is 40.3 Å². The number of rotatable bonds is 6. The Balaban J connectivity index is 1.89. The van der Waals surface area contributed by atoms with Crippen LogP contribution in [-0.4, -0.2) is 11.1 Å². The van der Waals surface area contributed by atoms with Crippen LogP contribution in [0.5, 0.6) is 5.75 Å². The summed E-state index contributed by atoms with van der Waals surface area (Å²) in [5.41, 5.74) is 2.19. The van der Waals surface area contributed by atoms with Gasteiger partial charge in [0.05, 0.1) is 23.4 Å². The largest absolute Gasteiger partial charge is 0.491 e. The highest BCUT2D eigenvalue weighted by Gasteiger charge is 2.01. The summed E-state index contributed by atoms with van der Waals surface area (Å²) in [4.78, 5) is 4.53. The van der Waals surface area contributed by atoms with Crippen LogP contribution in [0.15, 0.2) is 29.6 Å². The van der Waals surface area contributed by atoms with E-state index in [4.69, 9.17) is 4.74 Å². The Hall–Kier alpha value is -1.55. The molecule has 0 amide bonds. The zero-order chi connectivity index (χ0) is 13.7. The monoisotopic (exact) mass is 276 g/mol. The molecule has 2 rings (SSSR count). The lowest BCUT2D eigenvalue weighted by atomic mass is 10.3. The first-order valence-electron chi connectivity index (χ1n) is 6.61. The molecule has 1 aromatic heterocycles. The van der Waals surface area contributed by atoms with E-state index < -0.39 is 0 Å². The van der Waals surface area contributed by atoms with Crippen LogP contribution < -0.4 is 10.1 Å². The highest BCUT2D eigenvalue weighted by Crippen LogP contribution is 2.18. The molecule has 0 bridgehead atoms. The molecule has 0 saturated carbocycles. The first-order valence-corrected chi connectivity index (χ1v) is 7.49. The summed E-state index contributed by atoms with van der Waals surface area (Å²) in [5, 5.41) is 6.67. The third-order valence-corrected chi connectivity index (χ3v) is 3.64. The lowest BCUT2D eigenvalue weighted by molar-refractivity contribution is 0.242. The average molecular weight is 276 g/mol.